The summed E-state index contributed by atoms with van der Waals surface area (Å²) >= 11 is 1.42. The third-order valence-corrected chi connectivity index (χ3v) is 3.22. The summed E-state index contributed by atoms with van der Waals surface area (Å²) in [5, 5.41) is 6.61. The highest BCUT2D eigenvalue weighted by atomic mass is 32.1. The molecule has 78 valence electrons. The van der Waals surface area contributed by atoms with Crippen LogP contribution >= 0.6 is 11.5 Å². The number of anilines is 1. The highest BCUT2D eigenvalue weighted by molar-refractivity contribution is 7.13. The topological polar surface area (TPSA) is 62.7 Å². The van der Waals surface area contributed by atoms with Gasteiger partial charge in [0.2, 0.25) is 5.95 Å². The van der Waals surface area contributed by atoms with Crippen LogP contribution in [0.1, 0.15) is 6.42 Å². The Bertz CT molecular complexity index is 462. The molecule has 1 atom stereocenters. The first-order chi connectivity index (χ1) is 7.42. The number of hydrogen-bond acceptors (Lipinski definition) is 6. The molecule has 5 nitrogen and oxygen atoms in total. The Morgan fingerprint density at radius 1 is 1.47 bits per heavy atom. The molecule has 3 rings (SSSR count). The quantitative estimate of drug-likeness (QED) is 0.787. The lowest BCUT2D eigenvalue weighted by molar-refractivity contribution is 0.782. The molecule has 0 radical (unpaired) electrons. The van der Waals surface area contributed by atoms with Gasteiger partial charge in [0.05, 0.1) is 17.1 Å². The average Bonchev–Trinajstić information content (AvgIpc) is 2.87. The molecule has 2 N–H and O–H groups in total. The van der Waals surface area contributed by atoms with Gasteiger partial charge in [-0.05, 0) is 24.5 Å². The van der Waals surface area contributed by atoms with E-state index in [0.29, 0.717) is 12.0 Å². The second kappa shape index (κ2) is 3.71. The van der Waals surface area contributed by atoms with E-state index >= 15 is 0 Å². The number of rotatable bonds is 2. The van der Waals surface area contributed by atoms with E-state index in [9.17, 15) is 0 Å². The number of hydrogen-bond donors (Lipinski definition) is 2. The monoisotopic (exact) mass is 221 g/mol. The lowest BCUT2D eigenvalue weighted by atomic mass is 10.3. The maximum Gasteiger partial charge on any atom is 0.223 e. The van der Waals surface area contributed by atoms with Crippen LogP contribution < -0.4 is 10.6 Å². The van der Waals surface area contributed by atoms with Crippen molar-refractivity contribution in [3.05, 3.63) is 12.4 Å². The Labute approximate surface area is 91.1 Å². The molecule has 6 heteroatoms. The second-order valence-electron chi connectivity index (χ2n) is 3.60. The molecule has 15 heavy (non-hydrogen) atoms. The SMILES string of the molecule is c1nsc2cnc(NC3CCNC3)nc12. The molecule has 1 aliphatic rings. The molecule has 0 saturated carbocycles. The van der Waals surface area contributed by atoms with Crippen LogP contribution in [0.5, 0.6) is 0 Å². The molecule has 0 spiro atoms. The Balaban J connectivity index is 1.84. The minimum Gasteiger partial charge on any atom is -0.350 e. The van der Waals surface area contributed by atoms with Crippen LogP contribution in [-0.2, 0) is 0 Å². The molecule has 1 aliphatic heterocycles. The van der Waals surface area contributed by atoms with Gasteiger partial charge in [-0.2, -0.15) is 4.37 Å². The molecule has 2 aromatic rings. The van der Waals surface area contributed by atoms with Crippen molar-refractivity contribution in [1.29, 1.82) is 0 Å². The number of aromatic nitrogens is 3. The molecule has 2 aromatic heterocycles. The van der Waals surface area contributed by atoms with Crippen molar-refractivity contribution in [3.8, 4) is 0 Å². The van der Waals surface area contributed by atoms with E-state index < -0.39 is 0 Å². The summed E-state index contributed by atoms with van der Waals surface area (Å²) in [4.78, 5) is 8.66. The molecule has 0 amide bonds. The van der Waals surface area contributed by atoms with Crippen molar-refractivity contribution in [2.24, 2.45) is 0 Å². The summed E-state index contributed by atoms with van der Waals surface area (Å²) in [6.07, 6.45) is 4.73. The molecule has 0 aliphatic carbocycles. The van der Waals surface area contributed by atoms with Gasteiger partial charge in [0.25, 0.3) is 0 Å². The first-order valence-electron chi connectivity index (χ1n) is 4.96. The zero-order valence-corrected chi connectivity index (χ0v) is 8.92. The van der Waals surface area contributed by atoms with Gasteiger partial charge >= 0.3 is 0 Å². The molecule has 1 saturated heterocycles. The highest BCUT2D eigenvalue weighted by Crippen LogP contribution is 2.16. The normalized spacial score (nSPS) is 20.9. The molecule has 0 bridgehead atoms. The third-order valence-electron chi connectivity index (χ3n) is 2.50. The van der Waals surface area contributed by atoms with Crippen LogP contribution in [0.2, 0.25) is 0 Å². The Morgan fingerprint density at radius 3 is 3.33 bits per heavy atom. The van der Waals surface area contributed by atoms with Gasteiger partial charge in [0.1, 0.15) is 5.52 Å². The fourth-order valence-electron chi connectivity index (χ4n) is 1.71. The molecule has 0 aromatic carbocycles. The summed E-state index contributed by atoms with van der Waals surface area (Å²) < 4.78 is 5.11. The van der Waals surface area contributed by atoms with Crippen molar-refractivity contribution in [3.63, 3.8) is 0 Å². The average molecular weight is 221 g/mol. The maximum atomic E-state index is 4.40. The van der Waals surface area contributed by atoms with Gasteiger partial charge in [0.15, 0.2) is 0 Å². The van der Waals surface area contributed by atoms with Gasteiger partial charge in [-0.15, -0.1) is 0 Å². The van der Waals surface area contributed by atoms with Gasteiger partial charge in [0, 0.05) is 12.6 Å². The summed E-state index contributed by atoms with van der Waals surface area (Å²) in [6.45, 7) is 2.06. The van der Waals surface area contributed by atoms with Crippen molar-refractivity contribution in [2.75, 3.05) is 18.4 Å². The van der Waals surface area contributed by atoms with E-state index in [0.717, 1.165) is 29.7 Å². The number of fused-ring (bicyclic) bond motifs is 1. The fourth-order valence-corrected chi connectivity index (χ4v) is 2.27. The van der Waals surface area contributed by atoms with Crippen molar-refractivity contribution < 1.29 is 0 Å². The van der Waals surface area contributed by atoms with E-state index in [1.807, 2.05) is 6.20 Å². The largest absolute Gasteiger partial charge is 0.350 e. The Hall–Kier alpha value is -1.27. The van der Waals surface area contributed by atoms with Gasteiger partial charge in [-0.25, -0.2) is 9.97 Å². The molecule has 1 unspecified atom stereocenters. The smallest absolute Gasteiger partial charge is 0.223 e. The molecular weight excluding hydrogens is 210 g/mol. The number of nitrogens with zero attached hydrogens (tertiary/aromatic N) is 3. The van der Waals surface area contributed by atoms with E-state index in [1.54, 1.807) is 6.20 Å². The highest BCUT2D eigenvalue weighted by Gasteiger charge is 2.15. The first-order valence-corrected chi connectivity index (χ1v) is 5.74. The lowest BCUT2D eigenvalue weighted by Crippen LogP contribution is -2.23. The maximum absolute atomic E-state index is 4.40. The van der Waals surface area contributed by atoms with E-state index in [2.05, 4.69) is 25.0 Å². The van der Waals surface area contributed by atoms with Gasteiger partial charge in [-0.1, -0.05) is 0 Å². The lowest BCUT2D eigenvalue weighted by Gasteiger charge is -2.10. The third kappa shape index (κ3) is 1.78. The van der Waals surface area contributed by atoms with Crippen LogP contribution in [-0.4, -0.2) is 33.5 Å². The molecular formula is C9H11N5S. The summed E-state index contributed by atoms with van der Waals surface area (Å²) in [5.74, 6) is 0.705. The Kier molecular flexibility index (Phi) is 2.22. The zero-order chi connectivity index (χ0) is 10.1. The van der Waals surface area contributed by atoms with Gasteiger partial charge in [-0.3, -0.25) is 0 Å². The number of nitrogens with one attached hydrogen (secondary N) is 2. The van der Waals surface area contributed by atoms with Crippen LogP contribution in [0.3, 0.4) is 0 Å². The molecule has 3 heterocycles. The van der Waals surface area contributed by atoms with Crippen molar-refractivity contribution in [2.45, 2.75) is 12.5 Å². The second-order valence-corrected chi connectivity index (χ2v) is 4.44. The van der Waals surface area contributed by atoms with E-state index in [1.165, 1.54) is 11.5 Å². The van der Waals surface area contributed by atoms with Crippen LogP contribution in [0.4, 0.5) is 5.95 Å². The molecule has 1 fully saturated rings. The van der Waals surface area contributed by atoms with Crippen molar-refractivity contribution >= 4 is 27.7 Å². The summed E-state index contributed by atoms with van der Waals surface area (Å²) in [5.41, 5.74) is 0.920. The van der Waals surface area contributed by atoms with Crippen molar-refractivity contribution in [1.82, 2.24) is 19.7 Å². The van der Waals surface area contributed by atoms with Gasteiger partial charge < -0.3 is 10.6 Å². The van der Waals surface area contributed by atoms with E-state index in [4.69, 9.17) is 0 Å². The minimum atomic E-state index is 0.453. The summed E-state index contributed by atoms with van der Waals surface area (Å²) in [7, 11) is 0. The minimum absolute atomic E-state index is 0.453. The standard InChI is InChI=1S/C9H11N5S/c1-2-10-3-6(1)13-9-11-5-8-7(14-9)4-12-15-8/h4-6,10H,1-3H2,(H,11,13,14). The van der Waals surface area contributed by atoms with E-state index in [-0.39, 0.29) is 0 Å². The van der Waals surface area contributed by atoms with Crippen LogP contribution in [0.25, 0.3) is 10.2 Å². The Morgan fingerprint density at radius 2 is 2.47 bits per heavy atom. The predicted molar refractivity (Wildman–Crippen MR) is 60.1 cm³/mol. The van der Waals surface area contributed by atoms with Crippen LogP contribution in [0.15, 0.2) is 12.4 Å². The fraction of sp³-hybridized carbons (Fsp3) is 0.444. The van der Waals surface area contributed by atoms with Crippen LogP contribution in [0, 0.1) is 0 Å². The zero-order valence-electron chi connectivity index (χ0n) is 8.10. The first kappa shape index (κ1) is 8.99. The predicted octanol–water partition coefficient (Wildman–Crippen LogP) is 0.860. The summed E-state index contributed by atoms with van der Waals surface area (Å²) in [6, 6.07) is 0.453.